The average Bonchev–Trinajstić information content (AvgIpc) is 3.44. The first-order valence-electron chi connectivity index (χ1n) is 11.7. The Morgan fingerprint density at radius 3 is 2.54 bits per heavy atom. The molecule has 35 heavy (non-hydrogen) atoms. The number of carbonyl (C=O) groups is 1. The number of para-hydroxylation sites is 1. The highest BCUT2D eigenvalue weighted by Gasteiger charge is 2.18. The summed E-state index contributed by atoms with van der Waals surface area (Å²) < 4.78 is 12.5. The van der Waals surface area contributed by atoms with Crippen LogP contribution in [0, 0.1) is 20.8 Å². The van der Waals surface area contributed by atoms with E-state index in [0.29, 0.717) is 37.5 Å². The van der Waals surface area contributed by atoms with Crippen LogP contribution in [0.5, 0.6) is 5.75 Å². The second-order valence-corrected chi connectivity index (χ2v) is 8.69. The second kappa shape index (κ2) is 10.5. The molecule has 2 aromatic heterocycles. The third-order valence-corrected chi connectivity index (χ3v) is 6.20. The lowest BCUT2D eigenvalue weighted by molar-refractivity contribution is -0.130. The van der Waals surface area contributed by atoms with E-state index in [4.69, 9.17) is 14.4 Å². The Balaban J connectivity index is 1.33. The lowest BCUT2D eigenvalue weighted by Crippen LogP contribution is -2.26. The fraction of sp³-hybridized carbons (Fsp3) is 0.333. The molecule has 0 aliphatic carbocycles. The van der Waals surface area contributed by atoms with Crippen LogP contribution < -0.4 is 4.74 Å². The predicted octanol–water partition coefficient (Wildman–Crippen LogP) is 4.84. The Hall–Kier alpha value is -3.94. The minimum absolute atomic E-state index is 0.0716. The molecule has 0 bridgehead atoms. The largest absolute Gasteiger partial charge is 0.497 e. The lowest BCUT2D eigenvalue weighted by atomic mass is 10.1. The summed E-state index contributed by atoms with van der Waals surface area (Å²) in [5.41, 5.74) is 6.13. The van der Waals surface area contributed by atoms with E-state index in [1.807, 2.05) is 55.1 Å². The van der Waals surface area contributed by atoms with E-state index in [1.54, 1.807) is 12.0 Å². The molecular formula is C27H31N5O3. The molecule has 2 aromatic carbocycles. The molecule has 0 N–H and O–H groups in total. The molecule has 2 heterocycles. The van der Waals surface area contributed by atoms with Gasteiger partial charge in [0.15, 0.2) is 0 Å². The van der Waals surface area contributed by atoms with Gasteiger partial charge in [0.2, 0.25) is 17.6 Å². The zero-order valence-electron chi connectivity index (χ0n) is 20.9. The molecule has 0 radical (unpaired) electrons. The van der Waals surface area contributed by atoms with Gasteiger partial charge in [-0.1, -0.05) is 23.4 Å². The minimum Gasteiger partial charge on any atom is -0.497 e. The summed E-state index contributed by atoms with van der Waals surface area (Å²) in [5.74, 6) is 1.90. The Morgan fingerprint density at radius 2 is 1.83 bits per heavy atom. The predicted molar refractivity (Wildman–Crippen MR) is 133 cm³/mol. The summed E-state index contributed by atoms with van der Waals surface area (Å²) in [4.78, 5) is 19.0. The van der Waals surface area contributed by atoms with Crippen LogP contribution in [0.25, 0.3) is 17.1 Å². The lowest BCUT2D eigenvalue weighted by Gasteiger charge is -2.17. The first kappa shape index (κ1) is 24.2. The van der Waals surface area contributed by atoms with Gasteiger partial charge in [-0.05, 0) is 63.1 Å². The molecular weight excluding hydrogens is 442 g/mol. The standard InChI is InChI=1S/C27H31N5O3/c1-18-9-6-7-10-24(18)32-20(3)23(19(2)29-32)17-31(4)26(33)12-8-11-25-28-27(30-35-25)21-13-15-22(34-5)16-14-21/h6-7,9-10,13-16H,8,11-12,17H2,1-5H3. The summed E-state index contributed by atoms with van der Waals surface area (Å²) in [6.45, 7) is 6.64. The summed E-state index contributed by atoms with van der Waals surface area (Å²) in [7, 11) is 3.46. The normalized spacial score (nSPS) is 11.0. The summed E-state index contributed by atoms with van der Waals surface area (Å²) in [5, 5.41) is 8.79. The van der Waals surface area contributed by atoms with Crippen LogP contribution in [0.4, 0.5) is 0 Å². The summed E-state index contributed by atoms with van der Waals surface area (Å²) in [6, 6.07) is 15.6. The van der Waals surface area contributed by atoms with E-state index in [-0.39, 0.29) is 5.91 Å². The van der Waals surface area contributed by atoms with Crippen LogP contribution in [0.1, 0.15) is 41.2 Å². The minimum atomic E-state index is 0.0716. The molecule has 0 fully saturated rings. The zero-order chi connectivity index (χ0) is 24.9. The number of methoxy groups -OCH3 is 1. The molecule has 0 saturated carbocycles. The fourth-order valence-electron chi connectivity index (χ4n) is 4.06. The summed E-state index contributed by atoms with van der Waals surface area (Å²) >= 11 is 0. The molecule has 8 heteroatoms. The summed E-state index contributed by atoms with van der Waals surface area (Å²) in [6.07, 6.45) is 1.58. The van der Waals surface area contributed by atoms with E-state index in [0.717, 1.165) is 39.5 Å². The zero-order valence-corrected chi connectivity index (χ0v) is 20.9. The van der Waals surface area contributed by atoms with Crippen LogP contribution in [0.3, 0.4) is 0 Å². The van der Waals surface area contributed by atoms with Crippen molar-refractivity contribution < 1.29 is 14.1 Å². The van der Waals surface area contributed by atoms with Crippen LogP contribution in [-0.4, -0.2) is 44.9 Å². The molecule has 1 amide bonds. The van der Waals surface area contributed by atoms with Gasteiger partial charge in [-0.15, -0.1) is 0 Å². The molecule has 0 aliphatic heterocycles. The molecule has 182 valence electrons. The van der Waals surface area contributed by atoms with Gasteiger partial charge in [0.25, 0.3) is 0 Å². The number of nitrogens with zero attached hydrogens (tertiary/aromatic N) is 5. The quantitative estimate of drug-likeness (QED) is 0.346. The molecule has 0 atom stereocenters. The second-order valence-electron chi connectivity index (χ2n) is 8.69. The number of ether oxygens (including phenoxy) is 1. The molecule has 0 spiro atoms. The maximum atomic E-state index is 12.8. The van der Waals surface area contributed by atoms with Gasteiger partial charge >= 0.3 is 0 Å². The molecule has 8 nitrogen and oxygen atoms in total. The van der Waals surface area contributed by atoms with Gasteiger partial charge < -0.3 is 14.2 Å². The van der Waals surface area contributed by atoms with Crippen molar-refractivity contribution in [3.8, 4) is 22.8 Å². The number of aromatic nitrogens is 4. The van der Waals surface area contributed by atoms with Crippen molar-refractivity contribution in [2.45, 2.75) is 46.6 Å². The first-order chi connectivity index (χ1) is 16.9. The van der Waals surface area contributed by atoms with E-state index in [2.05, 4.69) is 36.1 Å². The topological polar surface area (TPSA) is 86.3 Å². The van der Waals surface area contributed by atoms with Crippen molar-refractivity contribution >= 4 is 5.91 Å². The van der Waals surface area contributed by atoms with E-state index >= 15 is 0 Å². The fourth-order valence-corrected chi connectivity index (χ4v) is 4.06. The third kappa shape index (κ3) is 5.42. The molecule has 0 unspecified atom stereocenters. The Labute approximate surface area is 205 Å². The monoisotopic (exact) mass is 473 g/mol. The Morgan fingerprint density at radius 1 is 1.09 bits per heavy atom. The van der Waals surface area contributed by atoms with Crippen molar-refractivity contribution in [2.24, 2.45) is 0 Å². The number of amides is 1. The van der Waals surface area contributed by atoms with Gasteiger partial charge in [0, 0.05) is 43.3 Å². The van der Waals surface area contributed by atoms with Gasteiger partial charge in [-0.3, -0.25) is 4.79 Å². The van der Waals surface area contributed by atoms with E-state index in [1.165, 1.54) is 0 Å². The molecule has 0 aliphatic rings. The number of rotatable bonds is 9. The maximum Gasteiger partial charge on any atom is 0.226 e. The highest BCUT2D eigenvalue weighted by molar-refractivity contribution is 5.75. The molecule has 0 saturated heterocycles. The maximum absolute atomic E-state index is 12.8. The van der Waals surface area contributed by atoms with Crippen molar-refractivity contribution in [1.82, 2.24) is 24.8 Å². The van der Waals surface area contributed by atoms with E-state index < -0.39 is 0 Å². The van der Waals surface area contributed by atoms with Crippen LogP contribution in [-0.2, 0) is 17.8 Å². The van der Waals surface area contributed by atoms with Crippen molar-refractivity contribution in [2.75, 3.05) is 14.2 Å². The van der Waals surface area contributed by atoms with Gasteiger partial charge in [0.1, 0.15) is 5.75 Å². The highest BCUT2D eigenvalue weighted by atomic mass is 16.5. The van der Waals surface area contributed by atoms with Crippen molar-refractivity contribution in [3.63, 3.8) is 0 Å². The number of aryl methyl sites for hydroxylation is 3. The van der Waals surface area contributed by atoms with Crippen LogP contribution in [0.15, 0.2) is 53.1 Å². The van der Waals surface area contributed by atoms with E-state index in [9.17, 15) is 4.79 Å². The Bertz CT molecular complexity index is 1310. The average molecular weight is 474 g/mol. The van der Waals surface area contributed by atoms with Gasteiger partial charge in [-0.2, -0.15) is 10.1 Å². The molecule has 4 aromatic rings. The Kier molecular flexibility index (Phi) is 7.29. The van der Waals surface area contributed by atoms with Gasteiger partial charge in [-0.25, -0.2) is 4.68 Å². The first-order valence-corrected chi connectivity index (χ1v) is 11.7. The number of hydrogen-bond acceptors (Lipinski definition) is 6. The number of carbonyl (C=O) groups excluding carboxylic acids is 1. The smallest absolute Gasteiger partial charge is 0.226 e. The van der Waals surface area contributed by atoms with Crippen molar-refractivity contribution in [1.29, 1.82) is 0 Å². The van der Waals surface area contributed by atoms with Crippen LogP contribution in [0.2, 0.25) is 0 Å². The number of hydrogen-bond donors (Lipinski definition) is 0. The third-order valence-electron chi connectivity index (χ3n) is 6.20. The van der Waals surface area contributed by atoms with Crippen LogP contribution >= 0.6 is 0 Å². The van der Waals surface area contributed by atoms with Gasteiger partial charge in [0.05, 0.1) is 18.5 Å². The van der Waals surface area contributed by atoms with Crippen molar-refractivity contribution in [3.05, 3.63) is 76.9 Å². The number of benzene rings is 2. The molecule has 4 rings (SSSR count). The highest BCUT2D eigenvalue weighted by Crippen LogP contribution is 2.22. The SMILES string of the molecule is COc1ccc(-c2noc(CCCC(=O)N(C)Cc3c(C)nn(-c4ccccc4C)c3C)n2)cc1.